The van der Waals surface area contributed by atoms with E-state index in [1.54, 1.807) is 23.0 Å². The average molecular weight is 455 g/mol. The molecule has 2 aliphatic rings. The van der Waals surface area contributed by atoms with E-state index in [4.69, 9.17) is 0 Å². The molecule has 172 valence electrons. The molecule has 0 radical (unpaired) electrons. The number of nitrogens with zero attached hydrogens (tertiary/aromatic N) is 7. The molecule has 4 aromatic heterocycles. The van der Waals surface area contributed by atoms with Crippen molar-refractivity contribution in [2.45, 2.75) is 50.9 Å². The molecule has 4 aromatic rings. The highest BCUT2D eigenvalue weighted by Crippen LogP contribution is 2.39. The molecular formula is C25H26N8O. The predicted octanol–water partition coefficient (Wildman–Crippen LogP) is 3.28. The molecule has 2 aliphatic carbocycles. The third-order valence-corrected chi connectivity index (χ3v) is 6.99. The van der Waals surface area contributed by atoms with E-state index in [1.165, 1.54) is 43.7 Å². The van der Waals surface area contributed by atoms with Crippen LogP contribution >= 0.6 is 0 Å². The van der Waals surface area contributed by atoms with Crippen LogP contribution in [0, 0.1) is 11.8 Å². The van der Waals surface area contributed by atoms with Crippen molar-refractivity contribution in [1.29, 1.82) is 0 Å². The number of aromatic amines is 1. The fraction of sp³-hybridized carbons (Fsp3) is 0.400. The molecule has 0 saturated heterocycles. The third kappa shape index (κ3) is 4.50. The molecule has 0 spiro atoms. The highest BCUT2D eigenvalue weighted by atomic mass is 16.1. The van der Waals surface area contributed by atoms with Crippen LogP contribution in [0.5, 0.6) is 0 Å². The topological polar surface area (TPSA) is 115 Å². The molecule has 9 heteroatoms. The summed E-state index contributed by atoms with van der Waals surface area (Å²) in [4.78, 5) is 26.3. The third-order valence-electron chi connectivity index (χ3n) is 6.99. The lowest BCUT2D eigenvalue weighted by Crippen LogP contribution is -2.17. The number of pyridine rings is 2. The summed E-state index contributed by atoms with van der Waals surface area (Å²) in [6, 6.07) is 7.16. The Balaban J connectivity index is 1.08. The lowest BCUT2D eigenvalue weighted by molar-refractivity contribution is 0.476. The number of rotatable bonds is 7. The van der Waals surface area contributed by atoms with Gasteiger partial charge in [-0.2, -0.15) is 5.21 Å². The molecule has 2 saturated carbocycles. The molecule has 9 nitrogen and oxygen atoms in total. The lowest BCUT2D eigenvalue weighted by Gasteiger charge is -2.12. The van der Waals surface area contributed by atoms with Gasteiger partial charge in [0.2, 0.25) is 5.82 Å². The molecular weight excluding hydrogens is 428 g/mol. The Labute approximate surface area is 196 Å². The maximum absolute atomic E-state index is 12.4. The number of aromatic nitrogens is 8. The summed E-state index contributed by atoms with van der Waals surface area (Å²) in [5.74, 6) is 3.39. The summed E-state index contributed by atoms with van der Waals surface area (Å²) in [6.45, 7) is 0. The number of nitrogens with one attached hydrogen (secondary N) is 1. The Morgan fingerprint density at radius 1 is 0.912 bits per heavy atom. The number of hydrogen-bond donors (Lipinski definition) is 1. The predicted molar refractivity (Wildman–Crippen MR) is 125 cm³/mol. The van der Waals surface area contributed by atoms with Crippen molar-refractivity contribution in [3.63, 3.8) is 0 Å². The Morgan fingerprint density at radius 3 is 2.44 bits per heavy atom. The largest absolute Gasteiger partial charge is 0.282 e. The van der Waals surface area contributed by atoms with Gasteiger partial charge in [0.25, 0.3) is 5.56 Å². The summed E-state index contributed by atoms with van der Waals surface area (Å²) >= 11 is 0. The summed E-state index contributed by atoms with van der Waals surface area (Å²) in [5, 5.41) is 14.0. The number of H-pyrrole nitrogens is 1. The van der Waals surface area contributed by atoms with Crippen molar-refractivity contribution in [1.82, 2.24) is 40.1 Å². The maximum Gasteiger partial charge on any atom is 0.255 e. The van der Waals surface area contributed by atoms with E-state index in [9.17, 15) is 4.79 Å². The Bertz CT molecular complexity index is 1310. The fourth-order valence-corrected chi connectivity index (χ4v) is 4.99. The van der Waals surface area contributed by atoms with Gasteiger partial charge in [0.05, 0.1) is 11.9 Å². The van der Waals surface area contributed by atoms with Crippen molar-refractivity contribution >= 4 is 0 Å². The Morgan fingerprint density at radius 2 is 1.74 bits per heavy atom. The normalized spacial score (nSPS) is 20.0. The summed E-state index contributed by atoms with van der Waals surface area (Å²) < 4.78 is 1.56. The van der Waals surface area contributed by atoms with Crippen LogP contribution in [-0.4, -0.2) is 40.1 Å². The molecule has 0 bridgehead atoms. The van der Waals surface area contributed by atoms with Gasteiger partial charge in [-0.15, -0.1) is 10.2 Å². The fourth-order valence-electron chi connectivity index (χ4n) is 4.99. The standard InChI is InChI=1S/C25H26N8O/c34-24-8-5-19(25-29-31-32-30-25)15-33(24)22-7-6-21(26-14-22)10-16-1-2-17(9-16)11-23-27-12-20(13-28-23)18-3-4-18/h5-8,12-18H,1-4,9-11H2,(H,29,30,31,32)/t16-,17-/m0/s1. The van der Waals surface area contributed by atoms with Crippen molar-refractivity contribution < 1.29 is 0 Å². The van der Waals surface area contributed by atoms with E-state index in [0.717, 1.165) is 30.0 Å². The zero-order chi connectivity index (χ0) is 22.9. The quantitative estimate of drug-likeness (QED) is 0.456. The van der Waals surface area contributed by atoms with E-state index < -0.39 is 0 Å². The van der Waals surface area contributed by atoms with Crippen LogP contribution < -0.4 is 5.56 Å². The number of tetrazole rings is 1. The van der Waals surface area contributed by atoms with Gasteiger partial charge in [-0.1, -0.05) is 0 Å². The van der Waals surface area contributed by atoms with Crippen molar-refractivity contribution in [3.05, 3.63) is 76.5 Å². The minimum absolute atomic E-state index is 0.132. The SMILES string of the molecule is O=c1ccc(-c2nn[nH]n2)cn1-c1ccc(C[C@H]2CC[C@H](Cc3ncc(C4CC4)cn3)C2)nc1. The van der Waals surface area contributed by atoms with Crippen molar-refractivity contribution in [2.24, 2.45) is 11.8 Å². The second-order valence-electron chi connectivity index (χ2n) is 9.53. The van der Waals surface area contributed by atoms with Gasteiger partial charge in [0.1, 0.15) is 5.82 Å². The summed E-state index contributed by atoms with van der Waals surface area (Å²) in [5.41, 5.74) is 3.65. The van der Waals surface area contributed by atoms with Crippen LogP contribution in [0.2, 0.25) is 0 Å². The van der Waals surface area contributed by atoms with Crippen LogP contribution in [0.1, 0.15) is 55.1 Å². The zero-order valence-electron chi connectivity index (χ0n) is 18.8. The van der Waals surface area contributed by atoms with Crippen molar-refractivity contribution in [3.8, 4) is 17.1 Å². The van der Waals surface area contributed by atoms with E-state index >= 15 is 0 Å². The van der Waals surface area contributed by atoms with Crippen LogP contribution in [0.25, 0.3) is 17.1 Å². The van der Waals surface area contributed by atoms with Crippen LogP contribution in [0.15, 0.2) is 53.8 Å². The minimum Gasteiger partial charge on any atom is -0.282 e. The molecule has 0 amide bonds. The maximum atomic E-state index is 12.4. The summed E-state index contributed by atoms with van der Waals surface area (Å²) in [6.07, 6.45) is 15.6. The van der Waals surface area contributed by atoms with Gasteiger partial charge in [-0.25, -0.2) is 9.97 Å². The molecule has 2 atom stereocenters. The molecule has 0 aromatic carbocycles. The van der Waals surface area contributed by atoms with Crippen LogP contribution in [-0.2, 0) is 12.8 Å². The Hall–Kier alpha value is -3.75. The van der Waals surface area contributed by atoms with Gasteiger partial charge in [-0.05, 0) is 85.3 Å². The highest BCUT2D eigenvalue weighted by Gasteiger charge is 2.27. The molecule has 0 unspecified atom stereocenters. The van der Waals surface area contributed by atoms with Gasteiger partial charge in [0.15, 0.2) is 0 Å². The second-order valence-corrected chi connectivity index (χ2v) is 9.53. The first-order valence-corrected chi connectivity index (χ1v) is 11.9. The van der Waals surface area contributed by atoms with E-state index in [-0.39, 0.29) is 5.56 Å². The van der Waals surface area contributed by atoms with Gasteiger partial charge in [-0.3, -0.25) is 14.3 Å². The summed E-state index contributed by atoms with van der Waals surface area (Å²) in [7, 11) is 0. The lowest BCUT2D eigenvalue weighted by atomic mass is 9.97. The first-order chi connectivity index (χ1) is 16.7. The molecule has 1 N–H and O–H groups in total. The highest BCUT2D eigenvalue weighted by molar-refractivity contribution is 5.53. The second kappa shape index (κ2) is 8.89. The van der Waals surface area contributed by atoms with Crippen molar-refractivity contribution in [2.75, 3.05) is 0 Å². The van der Waals surface area contributed by atoms with Gasteiger partial charge in [0, 0.05) is 42.3 Å². The molecule has 34 heavy (non-hydrogen) atoms. The van der Waals surface area contributed by atoms with E-state index in [1.807, 2.05) is 24.5 Å². The molecule has 4 heterocycles. The molecule has 0 aliphatic heterocycles. The number of hydrogen-bond acceptors (Lipinski definition) is 7. The van der Waals surface area contributed by atoms with Crippen LogP contribution in [0.3, 0.4) is 0 Å². The smallest absolute Gasteiger partial charge is 0.255 e. The first kappa shape index (κ1) is 20.8. The average Bonchev–Trinajstić information content (AvgIpc) is 3.38. The Kier molecular flexibility index (Phi) is 5.44. The zero-order valence-corrected chi connectivity index (χ0v) is 18.8. The minimum atomic E-state index is -0.132. The molecule has 6 rings (SSSR count). The van der Waals surface area contributed by atoms with E-state index in [0.29, 0.717) is 29.1 Å². The molecule has 2 fully saturated rings. The van der Waals surface area contributed by atoms with Crippen LogP contribution in [0.4, 0.5) is 0 Å². The monoisotopic (exact) mass is 454 g/mol. The van der Waals surface area contributed by atoms with Gasteiger partial charge < -0.3 is 0 Å². The van der Waals surface area contributed by atoms with Gasteiger partial charge >= 0.3 is 0 Å². The van der Waals surface area contributed by atoms with E-state index in [2.05, 4.69) is 35.6 Å². The first-order valence-electron chi connectivity index (χ1n) is 11.9.